The number of amides is 2. The van der Waals surface area contributed by atoms with Crippen LogP contribution in [0.5, 0.6) is 0 Å². The molecule has 0 aromatic carbocycles. The van der Waals surface area contributed by atoms with Gasteiger partial charge >= 0.3 is 23.5 Å². The number of aliphatic hydroxyl groups is 3. The van der Waals surface area contributed by atoms with Crippen LogP contribution in [-0.2, 0) is 50.7 Å². The largest absolute Gasteiger partial charge is 0.481 e. The van der Waals surface area contributed by atoms with Crippen LogP contribution in [0.2, 0.25) is 0 Å². The number of nitrogens with zero attached hydrogens (tertiary/aromatic N) is 4. The predicted molar refractivity (Wildman–Crippen MR) is 179 cm³/mol. The summed E-state index contributed by atoms with van der Waals surface area (Å²) in [6.45, 7) is 1.62. The zero-order valence-electron chi connectivity index (χ0n) is 28.1. The van der Waals surface area contributed by atoms with Crippen LogP contribution in [0.4, 0.5) is 5.82 Å². The van der Waals surface area contributed by atoms with Crippen molar-refractivity contribution in [2.45, 2.75) is 63.9 Å². The van der Waals surface area contributed by atoms with Crippen LogP contribution in [0.1, 0.15) is 33.4 Å². The highest BCUT2D eigenvalue weighted by Gasteiger charge is 2.50. The number of phosphoric acid groups is 3. The number of ether oxygens (including phenoxy) is 1. The first-order valence-electron chi connectivity index (χ1n) is 15.2. The molecule has 300 valence electrons. The summed E-state index contributed by atoms with van der Waals surface area (Å²) >= 11 is 0.828. The molecule has 1 aliphatic rings. The van der Waals surface area contributed by atoms with Crippen LogP contribution in [-0.4, -0.2) is 134 Å². The smallest absolute Gasteiger partial charge is 0.386 e. The molecule has 8 atom stereocenters. The van der Waals surface area contributed by atoms with Gasteiger partial charge in [-0.05, 0) is 6.92 Å². The van der Waals surface area contributed by atoms with Gasteiger partial charge in [0.2, 0.25) is 16.9 Å². The molecule has 11 N–H and O–H groups in total. The van der Waals surface area contributed by atoms with Gasteiger partial charge in [-0.25, -0.2) is 28.6 Å². The predicted octanol–water partition coefficient (Wildman–Crippen LogP) is -1.95. The quantitative estimate of drug-likeness (QED) is 0.0511. The maximum atomic E-state index is 12.6. The van der Waals surface area contributed by atoms with Crippen LogP contribution in [0.15, 0.2) is 12.7 Å². The van der Waals surface area contributed by atoms with Crippen LogP contribution >= 0.6 is 35.2 Å². The van der Waals surface area contributed by atoms with Crippen molar-refractivity contribution in [3.05, 3.63) is 12.7 Å². The van der Waals surface area contributed by atoms with E-state index in [1.54, 1.807) is 0 Å². The van der Waals surface area contributed by atoms with Gasteiger partial charge in [-0.2, -0.15) is 4.31 Å². The molecule has 2 aromatic heterocycles. The average molecular weight is 840 g/mol. The summed E-state index contributed by atoms with van der Waals surface area (Å²) in [4.78, 5) is 86.5. The van der Waals surface area contributed by atoms with Crippen molar-refractivity contribution in [1.82, 2.24) is 30.2 Å². The molecule has 0 spiro atoms. The van der Waals surface area contributed by atoms with E-state index in [0.29, 0.717) is 0 Å². The van der Waals surface area contributed by atoms with Crippen LogP contribution < -0.4 is 16.4 Å². The summed E-state index contributed by atoms with van der Waals surface area (Å²) in [5.41, 5.74) is 4.23. The first kappa shape index (κ1) is 44.9. The molecule has 3 rings (SSSR count). The molecule has 0 aliphatic carbocycles. The topological polar surface area (TPSA) is 384 Å². The summed E-state index contributed by atoms with van der Waals surface area (Å²) < 4.78 is 61.9. The second-order valence-corrected chi connectivity index (χ2v) is 17.2. The van der Waals surface area contributed by atoms with Gasteiger partial charge in [-0.1, -0.05) is 25.6 Å². The standard InChI is InChI=1S/C24H40N7O18P3S/c1-12(32)23(37)53-7-6-26-14(33)4-5-27-21(36)18(35)24(2,3)9-46-52(43,44)49-51(41,42)45-8-13-17(48-50(38,39)40)16(34)22(47-13)31-11-30-15-19(25)28-10-29-20(15)31/h10-13,16-18,22,32,34-35H,4-9H2,1-3H3,(H,26,33)(H,27,36)(H,41,42)(H,43,44)(H2,25,28,29)(H2,38,39,40)/t12-,13+,16+,17+,18-,22+/m0/s1. The van der Waals surface area contributed by atoms with Crippen LogP contribution in [0.25, 0.3) is 11.2 Å². The normalized spacial score (nSPS) is 22.8. The minimum atomic E-state index is -5.57. The number of hydrogen-bond donors (Lipinski definition) is 10. The number of fused-ring (bicyclic) bond motifs is 1. The third-order valence-electron chi connectivity index (χ3n) is 7.09. The molecular weight excluding hydrogens is 799 g/mol. The highest BCUT2D eigenvalue weighted by atomic mass is 32.2. The van der Waals surface area contributed by atoms with Gasteiger partial charge in [0.25, 0.3) is 0 Å². The van der Waals surface area contributed by atoms with Gasteiger partial charge in [0.15, 0.2) is 17.7 Å². The third-order valence-corrected chi connectivity index (χ3v) is 11.2. The maximum Gasteiger partial charge on any atom is 0.481 e. The maximum absolute atomic E-state index is 12.6. The number of nitrogens with one attached hydrogen (secondary N) is 2. The van der Waals surface area contributed by atoms with Gasteiger partial charge in [0.1, 0.15) is 42.4 Å². The number of aliphatic hydroxyl groups excluding tert-OH is 3. The number of hydrogen-bond acceptors (Lipinski definition) is 19. The molecule has 2 amide bonds. The van der Waals surface area contributed by atoms with Crippen molar-refractivity contribution in [2.75, 3.05) is 37.8 Å². The summed E-state index contributed by atoms with van der Waals surface area (Å²) in [5.74, 6) is -1.33. The number of carbonyl (C=O) groups is 3. The summed E-state index contributed by atoms with van der Waals surface area (Å²) in [6.07, 6.45) is -8.15. The number of anilines is 1. The van der Waals surface area contributed by atoms with E-state index < -0.39 is 95.8 Å². The zero-order chi connectivity index (χ0) is 39.9. The fourth-order valence-corrected chi connectivity index (χ4v) is 7.88. The lowest BCUT2D eigenvalue weighted by atomic mass is 9.87. The number of rotatable bonds is 20. The fourth-order valence-electron chi connectivity index (χ4n) is 4.40. The van der Waals surface area contributed by atoms with E-state index in [1.165, 1.54) is 20.8 Å². The average Bonchev–Trinajstić information content (AvgIpc) is 3.60. The Morgan fingerprint density at radius 1 is 1.06 bits per heavy atom. The molecule has 0 bridgehead atoms. The molecule has 2 unspecified atom stereocenters. The van der Waals surface area contributed by atoms with Gasteiger partial charge in [0.05, 0.1) is 19.5 Å². The number of thioether (sulfide) groups is 1. The van der Waals surface area contributed by atoms with Crippen LogP contribution in [0.3, 0.4) is 0 Å². The molecule has 2 aromatic rings. The van der Waals surface area contributed by atoms with E-state index in [2.05, 4.69) is 34.4 Å². The van der Waals surface area contributed by atoms with Crippen molar-refractivity contribution in [1.29, 1.82) is 0 Å². The van der Waals surface area contributed by atoms with E-state index in [0.717, 1.165) is 29.0 Å². The molecule has 0 saturated carbocycles. The number of nitrogens with two attached hydrogens (primary N) is 1. The molecule has 0 radical (unpaired) electrons. The molecule has 1 aliphatic heterocycles. The summed E-state index contributed by atoms with van der Waals surface area (Å²) in [6, 6.07) is 0. The highest BCUT2D eigenvalue weighted by Crippen LogP contribution is 2.61. The van der Waals surface area contributed by atoms with Gasteiger partial charge < -0.3 is 56.0 Å². The van der Waals surface area contributed by atoms with Crippen molar-refractivity contribution in [3.8, 4) is 0 Å². The lowest BCUT2D eigenvalue weighted by molar-refractivity contribution is -0.137. The lowest BCUT2D eigenvalue weighted by Gasteiger charge is -2.30. The number of nitrogen functional groups attached to an aromatic ring is 1. The van der Waals surface area contributed by atoms with Crippen molar-refractivity contribution < 1.29 is 85.6 Å². The Balaban J connectivity index is 1.52. The van der Waals surface area contributed by atoms with Gasteiger partial charge in [-0.15, -0.1) is 0 Å². The number of phosphoric ester groups is 3. The monoisotopic (exact) mass is 839 g/mol. The second kappa shape index (κ2) is 18.4. The molecule has 53 heavy (non-hydrogen) atoms. The van der Waals surface area contributed by atoms with Crippen molar-refractivity contribution in [2.24, 2.45) is 5.41 Å². The Kier molecular flexibility index (Phi) is 15.6. The van der Waals surface area contributed by atoms with E-state index in [9.17, 15) is 57.9 Å². The first-order valence-corrected chi connectivity index (χ1v) is 20.7. The Labute approximate surface area is 304 Å². The lowest BCUT2D eigenvalue weighted by Crippen LogP contribution is -2.46. The van der Waals surface area contributed by atoms with E-state index >= 15 is 0 Å². The molecule has 3 heterocycles. The third kappa shape index (κ3) is 13.4. The second-order valence-electron chi connectivity index (χ2n) is 11.9. The SMILES string of the molecule is C[C@H](O)C(=O)SCCNC(=O)CCNC(=O)[C@H](O)C(C)(C)COP(=O)(O)OP(=O)(O)OC[C@H]1O[C@@H](n2cnc3c(N)ncnc32)[C@H](O)[C@@H]1OP(=O)(O)O. The fraction of sp³-hybridized carbons (Fsp3) is 0.667. The molecule has 29 heteroatoms. The van der Waals surface area contributed by atoms with Gasteiger partial charge in [-0.3, -0.25) is 32.5 Å². The Morgan fingerprint density at radius 2 is 1.72 bits per heavy atom. The van der Waals surface area contributed by atoms with Gasteiger partial charge in [0, 0.05) is 30.7 Å². The molecule has 1 fully saturated rings. The van der Waals surface area contributed by atoms with Crippen LogP contribution in [0, 0.1) is 5.41 Å². The highest BCUT2D eigenvalue weighted by molar-refractivity contribution is 8.13. The number of carbonyl (C=O) groups excluding carboxylic acids is 3. The summed E-state index contributed by atoms with van der Waals surface area (Å²) in [7, 11) is -16.4. The van der Waals surface area contributed by atoms with E-state index in [-0.39, 0.29) is 42.2 Å². The Hall–Kier alpha value is -2.48. The number of aromatic nitrogens is 4. The van der Waals surface area contributed by atoms with E-state index in [4.69, 9.17) is 24.6 Å². The number of imidazole rings is 1. The minimum Gasteiger partial charge on any atom is -0.386 e. The Morgan fingerprint density at radius 3 is 2.36 bits per heavy atom. The van der Waals surface area contributed by atoms with E-state index in [1.807, 2.05) is 0 Å². The molecule has 1 saturated heterocycles. The first-order chi connectivity index (χ1) is 24.4. The van der Waals surface area contributed by atoms with Crippen molar-refractivity contribution in [3.63, 3.8) is 0 Å². The molecular formula is C24H40N7O18P3S. The zero-order valence-corrected chi connectivity index (χ0v) is 31.6. The van der Waals surface area contributed by atoms with Crippen molar-refractivity contribution >= 4 is 69.1 Å². The molecule has 25 nitrogen and oxygen atoms in total. The minimum absolute atomic E-state index is 0.0251. The Bertz CT molecular complexity index is 1760. The summed E-state index contributed by atoms with van der Waals surface area (Å²) in [5, 5.41) is 34.8.